The van der Waals surface area contributed by atoms with Gasteiger partial charge in [0.25, 0.3) is 0 Å². The molecule has 504 valence electrons. The van der Waals surface area contributed by atoms with Crippen LogP contribution >= 0.6 is 11.6 Å². The summed E-state index contributed by atoms with van der Waals surface area (Å²) in [6.45, 7) is 11.9. The van der Waals surface area contributed by atoms with Crippen molar-refractivity contribution in [2.24, 2.45) is 0 Å². The lowest BCUT2D eigenvalue weighted by Crippen LogP contribution is -2.43. The number of esters is 1. The summed E-state index contributed by atoms with van der Waals surface area (Å²) in [5, 5.41) is 34.7. The van der Waals surface area contributed by atoms with Gasteiger partial charge in [0.1, 0.15) is 42.5 Å². The van der Waals surface area contributed by atoms with Crippen LogP contribution in [-0.4, -0.2) is 175 Å². The third kappa shape index (κ3) is 19.5. The minimum atomic E-state index is -1.75. The number of imidazole rings is 2. The van der Waals surface area contributed by atoms with Crippen LogP contribution in [-0.2, 0) is 56.0 Å². The summed E-state index contributed by atoms with van der Waals surface area (Å²) >= 11 is 5.18. The van der Waals surface area contributed by atoms with Crippen molar-refractivity contribution >= 4 is 81.1 Å². The Kier molecular flexibility index (Phi) is 23.9. The Morgan fingerprint density at radius 1 is 0.688 bits per heavy atom. The van der Waals surface area contributed by atoms with Gasteiger partial charge in [-0.15, -0.1) is 12.8 Å². The summed E-state index contributed by atoms with van der Waals surface area (Å²) < 4.78 is 86.9. The predicted molar refractivity (Wildman–Crippen MR) is 312 cm³/mol. The number of nitrogens with one attached hydrogen (secondary N) is 2. The largest absolute Gasteiger partial charge is 0.519 e. The first-order chi connectivity index (χ1) is 43.6. The first-order valence-corrected chi connectivity index (χ1v) is 28.3. The molecule has 0 unspecified atom stereocenters. The molecule has 2 aliphatic rings. The Morgan fingerprint density at radius 3 is 1.46 bits per heavy atom. The zero-order valence-corrected chi connectivity index (χ0v) is 52.6. The van der Waals surface area contributed by atoms with E-state index in [0.29, 0.717) is 13.0 Å². The number of terminal acetylenes is 2. The molecule has 6 aromatic rings. The second kappa shape index (κ2) is 30.7. The van der Waals surface area contributed by atoms with Gasteiger partial charge in [0.2, 0.25) is 5.24 Å². The van der Waals surface area contributed by atoms with Gasteiger partial charge in [0.05, 0.1) is 19.3 Å². The van der Waals surface area contributed by atoms with Crippen molar-refractivity contribution < 1.29 is 104 Å². The highest BCUT2D eigenvalue weighted by Crippen LogP contribution is 2.40. The molecule has 5 N–H and O–H groups in total. The molecular formula is C56H67ClF2N12O22. The fourth-order valence-corrected chi connectivity index (χ4v) is 8.62. The average Bonchev–Trinajstić information content (AvgIpc) is 1.63. The molecule has 0 spiro atoms. The molecule has 37 heteroatoms. The van der Waals surface area contributed by atoms with Crippen LogP contribution in [0, 0.1) is 50.7 Å². The summed E-state index contributed by atoms with van der Waals surface area (Å²) in [7, 11) is 2.98. The number of aliphatic hydroxyl groups is 3. The van der Waals surface area contributed by atoms with Crippen LogP contribution in [0.25, 0.3) is 22.3 Å². The predicted octanol–water partition coefficient (Wildman–Crippen LogP) is 5.02. The Hall–Kier alpha value is -9.59. The van der Waals surface area contributed by atoms with Gasteiger partial charge in [0.15, 0.2) is 81.4 Å². The smallest absolute Gasteiger partial charge is 0.461 e. The molecule has 0 aromatic carbocycles. The van der Waals surface area contributed by atoms with Gasteiger partial charge in [-0.2, -0.15) is 28.7 Å². The number of nitrogens with zero attached hydrogens (tertiary/aromatic N) is 10. The number of carbonyl (C=O) groups excluding carboxylic acids is 6. The van der Waals surface area contributed by atoms with Crippen LogP contribution in [0.1, 0.15) is 116 Å². The molecule has 8 heterocycles. The Labute approximate surface area is 531 Å². The monoisotopic (exact) mass is 1330 g/mol. The molecule has 34 nitrogen and oxygen atoms in total. The van der Waals surface area contributed by atoms with Crippen LogP contribution in [0.15, 0.2) is 39.9 Å². The van der Waals surface area contributed by atoms with Gasteiger partial charge in [0, 0.05) is 52.9 Å². The lowest BCUT2D eigenvalue weighted by Gasteiger charge is -2.26. The second-order valence-corrected chi connectivity index (χ2v) is 22.9. The molecular weight excluding hydrogens is 1270 g/mol. The molecule has 0 aliphatic carbocycles. The molecule has 4 amide bonds. The maximum atomic E-state index is 14.4. The van der Waals surface area contributed by atoms with Gasteiger partial charge in [-0.3, -0.25) is 29.4 Å². The molecule has 0 bridgehead atoms. The third-order valence-electron chi connectivity index (χ3n) is 13.1. The fraction of sp³-hybridized carbons (Fsp3) is 0.536. The second-order valence-electron chi connectivity index (χ2n) is 22.5. The molecule has 2 aliphatic heterocycles. The lowest BCUT2D eigenvalue weighted by molar-refractivity contribution is -0.156. The van der Waals surface area contributed by atoms with E-state index < -0.39 is 120 Å². The van der Waals surface area contributed by atoms with Crippen LogP contribution in [0.2, 0.25) is 0 Å². The Bertz CT molecular complexity index is 3890. The number of ether oxygens (including phenoxy) is 7. The van der Waals surface area contributed by atoms with Crippen LogP contribution in [0.3, 0.4) is 0 Å². The quantitative estimate of drug-likeness (QED) is 0.0233. The minimum Gasteiger partial charge on any atom is -0.461 e. The van der Waals surface area contributed by atoms with Gasteiger partial charge in [-0.25, -0.2) is 38.7 Å². The summed E-state index contributed by atoms with van der Waals surface area (Å²) in [5.41, 5.74) is -4.85. The number of hydrogen-bond donors (Lipinski definition) is 5. The van der Waals surface area contributed by atoms with Crippen molar-refractivity contribution in [1.29, 1.82) is 0 Å². The van der Waals surface area contributed by atoms with E-state index in [1.807, 2.05) is 0 Å². The normalized spacial score (nSPS) is 19.2. The number of fused-ring (bicyclic) bond motifs is 2. The Balaban J connectivity index is 0.000000247. The van der Waals surface area contributed by atoms with Crippen molar-refractivity contribution in [1.82, 2.24) is 48.8 Å². The number of rotatable bonds is 19. The van der Waals surface area contributed by atoms with Gasteiger partial charge in [-0.1, -0.05) is 11.8 Å². The van der Waals surface area contributed by atoms with E-state index in [4.69, 9.17) is 66.4 Å². The maximum Gasteiger partial charge on any atom is 0.519 e. The molecule has 6 aromatic heterocycles. The fourth-order valence-electron chi connectivity index (χ4n) is 8.48. The van der Waals surface area contributed by atoms with Gasteiger partial charge >= 0.3 is 54.1 Å². The third-order valence-corrected chi connectivity index (χ3v) is 13.3. The van der Waals surface area contributed by atoms with Gasteiger partial charge in [-0.05, 0) is 79.8 Å². The summed E-state index contributed by atoms with van der Waals surface area (Å²) in [6.07, 6.45) is 4.68. The van der Waals surface area contributed by atoms with Crippen LogP contribution in [0.5, 0.6) is 0 Å². The van der Waals surface area contributed by atoms with E-state index in [2.05, 4.69) is 61.2 Å². The minimum absolute atomic E-state index is 0.0153. The van der Waals surface area contributed by atoms with Crippen LogP contribution < -0.4 is 22.3 Å². The van der Waals surface area contributed by atoms with E-state index in [-0.39, 0.29) is 109 Å². The van der Waals surface area contributed by atoms with E-state index in [0.717, 1.165) is 0 Å². The highest BCUT2D eigenvalue weighted by atomic mass is 35.5. The maximum absolute atomic E-state index is 14.4. The average molecular weight is 1330 g/mol. The zero-order chi connectivity index (χ0) is 68.9. The summed E-state index contributed by atoms with van der Waals surface area (Å²) in [5.74, 6) is 2.47. The summed E-state index contributed by atoms with van der Waals surface area (Å²) in [4.78, 5) is 118. The number of carbonyl (C=O) groups is 6. The number of aromatic nitrogens is 8. The molecule has 8 rings (SSSR count). The molecule has 0 saturated carbocycles. The number of aliphatic hydroxyl groups excluding tert-OH is 3. The highest BCUT2D eigenvalue weighted by molar-refractivity contribution is 6.63. The van der Waals surface area contributed by atoms with E-state index >= 15 is 0 Å². The van der Waals surface area contributed by atoms with Crippen molar-refractivity contribution in [2.75, 3.05) is 51.0 Å². The Morgan fingerprint density at radius 2 is 1.10 bits per heavy atom. The highest BCUT2D eigenvalue weighted by Gasteiger charge is 2.50. The van der Waals surface area contributed by atoms with Crippen LogP contribution in [0.4, 0.5) is 39.6 Å². The van der Waals surface area contributed by atoms with Crippen molar-refractivity contribution in [3.63, 3.8) is 0 Å². The number of amides is 4. The zero-order valence-electron chi connectivity index (χ0n) is 51.8. The number of anilines is 2. The first-order valence-electron chi connectivity index (χ1n) is 28.0. The van der Waals surface area contributed by atoms with E-state index in [1.165, 1.54) is 59.5 Å². The summed E-state index contributed by atoms with van der Waals surface area (Å²) in [6, 6.07) is 0. The number of hydrogen-bond acceptors (Lipinski definition) is 28. The lowest BCUT2D eigenvalue weighted by atomic mass is 9.99. The molecule has 93 heavy (non-hydrogen) atoms. The SMILES string of the molecule is C#C[C@]1(CO)O[C@@H](n2cnc3c(NC(=O)OC(C)(C)C)nc(F)nc32)C[C@@H]1O.C#C[C@]1(COC(=O)CCCN(C)C(=O)OCc2oc(=O)oc2C)O[C@@H](n2cnc3c(NC(=O)OC(C)(C)C)nc(F)nc32)C[C@@H]1O.Cc1oc(=O)oc1COC(=O)N(C)CCCC(=O)Cl. The molecule has 6 atom stereocenters. The van der Waals surface area contributed by atoms with E-state index in [9.17, 15) is 62.5 Å². The molecule has 2 saturated heterocycles. The molecule has 0 radical (unpaired) electrons. The van der Waals surface area contributed by atoms with E-state index in [1.54, 1.807) is 41.5 Å². The van der Waals surface area contributed by atoms with Gasteiger partial charge < -0.3 is 75.9 Å². The van der Waals surface area contributed by atoms with Crippen molar-refractivity contribution in [3.8, 4) is 24.7 Å². The topological polar surface area (TPSA) is 432 Å². The number of halogens is 3. The number of aryl methyl sites for hydroxylation is 2. The standard InChI is InChI=1S/C28H33FN6O11.C17H20FN5O5.C11H14ClNO6/c1-7-28(13-42-19(37)9-8-10-34(6)25(39)41-12-16-15(2)43-26(40)44-16)17(36)11-18(45-28)35-14-30-20-21(31-23(29)33-22(20)35)32-24(38)46-27(3,4)5;1-5-17(7-24)9(25)6-10(27-17)23-8-19-11-12(20-14(18)22-13(11)23)21-15(26)28-16(2,3)4;1-7-8(19-11(16)18-7)6-17-10(15)13(2)5-3-4-9(12)14/h1,14,17-18,36H,8-13H2,2-6H3,(H,31,32,33,38);1,8-10,24-25H,6-7H2,2-4H3,(H,20,21,22,26);3-6H2,1-2H3/t17-,18+,28+;9-,10+,17+;/m00./s1. The molecule has 2 fully saturated rings. The van der Waals surface area contributed by atoms with Crippen molar-refractivity contribution in [2.45, 2.75) is 154 Å². The van der Waals surface area contributed by atoms with Crippen molar-refractivity contribution in [3.05, 3.63) is 69.1 Å². The first kappa shape index (κ1) is 72.5.